The number of unbranched alkanes of at least 4 members (excludes halogenated alkanes) is 2. The van der Waals surface area contributed by atoms with Crippen molar-refractivity contribution in [2.45, 2.75) is 75.8 Å². The van der Waals surface area contributed by atoms with Gasteiger partial charge in [0, 0.05) is 12.6 Å². The molecule has 2 bridgehead atoms. The second kappa shape index (κ2) is 11.8. The average Bonchev–Trinajstić information content (AvgIpc) is 3.55. The van der Waals surface area contributed by atoms with Gasteiger partial charge in [0.05, 0.1) is 37.2 Å². The van der Waals surface area contributed by atoms with Gasteiger partial charge in [-0.05, 0) is 51.5 Å². The Bertz CT molecular complexity index is 1040. The van der Waals surface area contributed by atoms with Gasteiger partial charge in [0.25, 0.3) is 0 Å². The van der Waals surface area contributed by atoms with E-state index >= 15 is 0 Å². The molecule has 8 heteroatoms. The number of ether oxygens (including phenoxy) is 2. The highest BCUT2D eigenvalue weighted by molar-refractivity contribution is 5.98. The first-order valence-corrected chi connectivity index (χ1v) is 13.7. The van der Waals surface area contributed by atoms with E-state index in [4.69, 9.17) is 9.47 Å². The van der Waals surface area contributed by atoms with Gasteiger partial charge < -0.3 is 24.4 Å². The summed E-state index contributed by atoms with van der Waals surface area (Å²) < 4.78 is 12.1. The minimum absolute atomic E-state index is 0.146. The van der Waals surface area contributed by atoms with E-state index < -0.39 is 41.6 Å². The molecule has 1 aromatic rings. The lowest BCUT2D eigenvalue weighted by Crippen LogP contribution is -2.58. The standard InChI is InChI=1S/C30H40N2O6/c1-5-7-8-12-18-37-29(36)24-23-15-16-30(38-23)25(24)27(34)32(22(19-33)21-13-10-9-11-14-21)26(30)28(35)31(17-6-2)20(3)4/h5-6,9-11,13-14,20,22-26,33H,1-2,7-8,12,15-19H2,3-4H3/t22-,23-,24+,25+,26?,30?/m1/s1. The van der Waals surface area contributed by atoms with Crippen LogP contribution in [-0.2, 0) is 23.9 Å². The first-order chi connectivity index (χ1) is 18.3. The zero-order valence-electron chi connectivity index (χ0n) is 22.5. The molecule has 2 unspecified atom stereocenters. The smallest absolute Gasteiger partial charge is 0.312 e. The van der Waals surface area contributed by atoms with Gasteiger partial charge >= 0.3 is 5.97 Å². The van der Waals surface area contributed by atoms with E-state index in [1.54, 1.807) is 11.0 Å². The van der Waals surface area contributed by atoms with Crippen LogP contribution in [0.25, 0.3) is 0 Å². The van der Waals surface area contributed by atoms with Gasteiger partial charge in [0.15, 0.2) is 0 Å². The van der Waals surface area contributed by atoms with Gasteiger partial charge in [-0.15, -0.1) is 13.2 Å². The third-order valence-electron chi connectivity index (χ3n) is 8.22. The number of amides is 2. The van der Waals surface area contributed by atoms with Crippen molar-refractivity contribution in [3.63, 3.8) is 0 Å². The fourth-order valence-electron chi connectivity index (χ4n) is 6.51. The van der Waals surface area contributed by atoms with Gasteiger partial charge in [0.2, 0.25) is 11.8 Å². The second-order valence-corrected chi connectivity index (χ2v) is 10.7. The number of allylic oxidation sites excluding steroid dienone is 1. The number of fused-ring (bicyclic) bond motifs is 1. The molecular formula is C30H40N2O6. The minimum Gasteiger partial charge on any atom is -0.465 e. The number of nitrogens with zero attached hydrogens (tertiary/aromatic N) is 2. The van der Waals surface area contributed by atoms with Crippen molar-refractivity contribution < 1.29 is 29.0 Å². The van der Waals surface area contributed by atoms with Gasteiger partial charge in [0.1, 0.15) is 11.6 Å². The number of esters is 1. The van der Waals surface area contributed by atoms with Crippen molar-refractivity contribution in [1.82, 2.24) is 9.80 Å². The molecule has 206 valence electrons. The molecule has 2 amide bonds. The number of carbonyl (C=O) groups excluding carboxylic acids is 3. The fraction of sp³-hybridized carbons (Fsp3) is 0.567. The van der Waals surface area contributed by atoms with Crippen LogP contribution < -0.4 is 0 Å². The molecule has 4 rings (SSSR count). The summed E-state index contributed by atoms with van der Waals surface area (Å²) in [6, 6.07) is 7.31. The summed E-state index contributed by atoms with van der Waals surface area (Å²) in [6.07, 6.45) is 6.48. The van der Waals surface area contributed by atoms with E-state index in [-0.39, 0.29) is 31.1 Å². The number of likely N-dealkylation sites (tertiary alicyclic amines) is 1. The van der Waals surface area contributed by atoms with Gasteiger partial charge in [-0.3, -0.25) is 14.4 Å². The molecule has 1 spiro atoms. The molecule has 0 aromatic heterocycles. The van der Waals surface area contributed by atoms with Crippen LogP contribution in [0.3, 0.4) is 0 Å². The van der Waals surface area contributed by atoms with Crippen molar-refractivity contribution in [1.29, 1.82) is 0 Å². The van der Waals surface area contributed by atoms with E-state index in [0.29, 0.717) is 31.4 Å². The molecule has 3 aliphatic heterocycles. The van der Waals surface area contributed by atoms with Crippen LogP contribution in [0.2, 0.25) is 0 Å². The lowest BCUT2D eigenvalue weighted by Gasteiger charge is -2.40. The van der Waals surface area contributed by atoms with Crippen molar-refractivity contribution in [3.8, 4) is 0 Å². The second-order valence-electron chi connectivity index (χ2n) is 10.7. The first kappa shape index (κ1) is 28.0. The molecule has 1 N–H and O–H groups in total. The average molecular weight is 525 g/mol. The summed E-state index contributed by atoms with van der Waals surface area (Å²) in [5.41, 5.74) is -0.435. The zero-order chi connectivity index (χ0) is 27.4. The Hall–Kier alpha value is -2.97. The molecule has 3 fully saturated rings. The summed E-state index contributed by atoms with van der Waals surface area (Å²) in [6.45, 7) is 11.6. The Balaban J connectivity index is 1.72. The number of hydrogen-bond donors (Lipinski definition) is 1. The fourth-order valence-corrected chi connectivity index (χ4v) is 6.51. The topological polar surface area (TPSA) is 96.4 Å². The minimum atomic E-state index is -1.15. The molecule has 8 nitrogen and oxygen atoms in total. The Morgan fingerprint density at radius 1 is 1.24 bits per heavy atom. The Labute approximate surface area is 225 Å². The molecule has 3 saturated heterocycles. The first-order valence-electron chi connectivity index (χ1n) is 13.7. The monoisotopic (exact) mass is 524 g/mol. The molecule has 38 heavy (non-hydrogen) atoms. The molecule has 3 heterocycles. The quantitative estimate of drug-likeness (QED) is 0.241. The molecule has 1 aromatic carbocycles. The Kier molecular flexibility index (Phi) is 8.73. The maximum atomic E-state index is 14.3. The zero-order valence-corrected chi connectivity index (χ0v) is 22.5. The predicted octanol–water partition coefficient (Wildman–Crippen LogP) is 3.42. The van der Waals surface area contributed by atoms with Crippen LogP contribution in [0.15, 0.2) is 55.6 Å². The lowest BCUT2D eigenvalue weighted by molar-refractivity contribution is -0.157. The number of benzene rings is 1. The molecule has 0 radical (unpaired) electrons. The molecule has 0 aliphatic carbocycles. The highest BCUT2D eigenvalue weighted by Crippen LogP contribution is 2.60. The highest BCUT2D eigenvalue weighted by atomic mass is 16.6. The number of aliphatic hydroxyl groups excluding tert-OH is 1. The third-order valence-corrected chi connectivity index (χ3v) is 8.22. The third kappa shape index (κ3) is 4.80. The van der Waals surface area contributed by atoms with E-state index in [1.165, 1.54) is 4.90 Å². The molecule has 3 aliphatic rings. The van der Waals surface area contributed by atoms with Crippen molar-refractivity contribution in [2.75, 3.05) is 19.8 Å². The molecular weight excluding hydrogens is 484 g/mol. The van der Waals surface area contributed by atoms with E-state index in [1.807, 2.05) is 50.3 Å². The highest BCUT2D eigenvalue weighted by Gasteiger charge is 2.75. The Morgan fingerprint density at radius 2 is 1.97 bits per heavy atom. The maximum Gasteiger partial charge on any atom is 0.312 e. The molecule has 0 saturated carbocycles. The number of rotatable bonds is 13. The Morgan fingerprint density at radius 3 is 2.61 bits per heavy atom. The lowest BCUT2D eigenvalue weighted by atomic mass is 9.70. The summed E-state index contributed by atoms with van der Waals surface area (Å²) in [5.74, 6) is -2.67. The normalized spacial score (nSPS) is 28.3. The SMILES string of the molecule is C=CCCCCOC(=O)[C@@H]1[C@H]2C(=O)N([C@H](CO)c3ccccc3)C(C(=O)N(CC=C)C(C)C)C23CC[C@H]1O3. The number of aliphatic hydroxyl groups is 1. The van der Waals surface area contributed by atoms with E-state index in [0.717, 1.165) is 12.8 Å². The van der Waals surface area contributed by atoms with Crippen molar-refractivity contribution >= 4 is 17.8 Å². The van der Waals surface area contributed by atoms with Crippen molar-refractivity contribution in [3.05, 3.63) is 61.2 Å². The number of hydrogen-bond acceptors (Lipinski definition) is 6. The van der Waals surface area contributed by atoms with Crippen molar-refractivity contribution in [2.24, 2.45) is 11.8 Å². The van der Waals surface area contributed by atoms with Gasteiger partial charge in [-0.25, -0.2) is 0 Å². The van der Waals surface area contributed by atoms with Gasteiger partial charge in [-0.1, -0.05) is 42.5 Å². The van der Waals surface area contributed by atoms with Crippen LogP contribution in [0.5, 0.6) is 0 Å². The van der Waals surface area contributed by atoms with Crippen LogP contribution in [0.4, 0.5) is 0 Å². The summed E-state index contributed by atoms with van der Waals surface area (Å²) in [5, 5.41) is 10.5. The summed E-state index contributed by atoms with van der Waals surface area (Å²) in [4.78, 5) is 45.0. The van der Waals surface area contributed by atoms with Gasteiger partial charge in [-0.2, -0.15) is 0 Å². The van der Waals surface area contributed by atoms with Crippen LogP contribution in [-0.4, -0.2) is 76.2 Å². The number of carbonyl (C=O) groups is 3. The van der Waals surface area contributed by atoms with E-state index in [2.05, 4.69) is 13.2 Å². The maximum absolute atomic E-state index is 14.3. The predicted molar refractivity (Wildman–Crippen MR) is 143 cm³/mol. The van der Waals surface area contributed by atoms with Crippen LogP contribution >= 0.6 is 0 Å². The van der Waals surface area contributed by atoms with Crippen LogP contribution in [0, 0.1) is 11.8 Å². The summed E-state index contributed by atoms with van der Waals surface area (Å²) >= 11 is 0. The molecule has 6 atom stereocenters. The van der Waals surface area contributed by atoms with Crippen LogP contribution in [0.1, 0.15) is 57.6 Å². The largest absolute Gasteiger partial charge is 0.465 e. The summed E-state index contributed by atoms with van der Waals surface area (Å²) in [7, 11) is 0. The van der Waals surface area contributed by atoms with E-state index in [9.17, 15) is 19.5 Å².